The van der Waals surface area contributed by atoms with Crippen LogP contribution in [0.25, 0.3) is 10.9 Å². The van der Waals surface area contributed by atoms with E-state index in [1.54, 1.807) is 32.4 Å². The van der Waals surface area contributed by atoms with Gasteiger partial charge in [-0.05, 0) is 30.7 Å². The zero-order chi connectivity index (χ0) is 14.0. The number of methoxy groups -OCH3 is 2. The average molecular weight is 261 g/mol. The number of aryl methyl sites for hydroxylation is 1. The van der Waals surface area contributed by atoms with E-state index in [0.717, 1.165) is 5.69 Å². The molecule has 0 fully saturated rings. The maximum atomic E-state index is 11.0. The third-order valence-corrected chi connectivity index (χ3v) is 2.88. The number of hydrogen-bond acceptors (Lipinski definition) is 4. The molecule has 100 valence electrons. The van der Waals surface area contributed by atoms with Gasteiger partial charge in [-0.25, -0.2) is 4.98 Å². The Morgan fingerprint density at radius 1 is 1.26 bits per heavy atom. The molecule has 0 saturated heterocycles. The van der Waals surface area contributed by atoms with E-state index in [2.05, 4.69) is 4.98 Å². The standard InChI is InChI=1S/C14H15NO4/c1-8-6-9(7-12(16)17)13-10(18-2)4-5-11(19-3)14(13)15-8/h4-6H,7H2,1-3H3,(H,16,17). The van der Waals surface area contributed by atoms with E-state index in [-0.39, 0.29) is 6.42 Å². The lowest BCUT2D eigenvalue weighted by Gasteiger charge is -2.13. The Morgan fingerprint density at radius 2 is 1.89 bits per heavy atom. The lowest BCUT2D eigenvalue weighted by atomic mass is 10.0. The molecule has 0 bridgehead atoms. The summed E-state index contributed by atoms with van der Waals surface area (Å²) in [5, 5.41) is 9.70. The van der Waals surface area contributed by atoms with Crippen molar-refractivity contribution < 1.29 is 19.4 Å². The monoisotopic (exact) mass is 261 g/mol. The summed E-state index contributed by atoms with van der Waals surface area (Å²) < 4.78 is 10.6. The van der Waals surface area contributed by atoms with E-state index >= 15 is 0 Å². The Labute approximate surface area is 110 Å². The van der Waals surface area contributed by atoms with E-state index in [1.165, 1.54) is 0 Å². The number of rotatable bonds is 4. The van der Waals surface area contributed by atoms with Gasteiger partial charge in [-0.1, -0.05) is 0 Å². The molecule has 2 aromatic rings. The molecule has 5 heteroatoms. The van der Waals surface area contributed by atoms with Gasteiger partial charge in [0.15, 0.2) is 0 Å². The number of carboxylic acid groups (broad SMARTS) is 1. The zero-order valence-electron chi connectivity index (χ0n) is 11.1. The van der Waals surface area contributed by atoms with Gasteiger partial charge < -0.3 is 14.6 Å². The highest BCUT2D eigenvalue weighted by Gasteiger charge is 2.15. The molecule has 2 rings (SSSR count). The maximum absolute atomic E-state index is 11.0. The van der Waals surface area contributed by atoms with Crippen molar-refractivity contribution in [2.75, 3.05) is 14.2 Å². The van der Waals surface area contributed by atoms with Gasteiger partial charge in [0, 0.05) is 11.1 Å². The number of benzene rings is 1. The second kappa shape index (κ2) is 5.14. The summed E-state index contributed by atoms with van der Waals surface area (Å²) in [6, 6.07) is 5.28. The van der Waals surface area contributed by atoms with Crippen molar-refractivity contribution in [2.24, 2.45) is 0 Å². The summed E-state index contributed by atoms with van der Waals surface area (Å²) in [7, 11) is 3.10. The normalized spacial score (nSPS) is 10.5. The molecule has 0 amide bonds. The van der Waals surface area contributed by atoms with Crippen molar-refractivity contribution in [3.63, 3.8) is 0 Å². The number of aliphatic carboxylic acids is 1. The van der Waals surface area contributed by atoms with Crippen molar-refractivity contribution >= 4 is 16.9 Å². The molecule has 1 heterocycles. The topological polar surface area (TPSA) is 68.7 Å². The van der Waals surface area contributed by atoms with E-state index in [0.29, 0.717) is 28.0 Å². The smallest absolute Gasteiger partial charge is 0.307 e. The number of carboxylic acids is 1. The lowest BCUT2D eigenvalue weighted by molar-refractivity contribution is -0.136. The Balaban J connectivity index is 2.82. The van der Waals surface area contributed by atoms with Crippen molar-refractivity contribution in [2.45, 2.75) is 13.3 Å². The minimum absolute atomic E-state index is 0.0800. The fourth-order valence-electron chi connectivity index (χ4n) is 2.14. The van der Waals surface area contributed by atoms with Crippen LogP contribution in [0.4, 0.5) is 0 Å². The first kappa shape index (κ1) is 13.1. The largest absolute Gasteiger partial charge is 0.496 e. The Kier molecular flexibility index (Phi) is 3.55. The van der Waals surface area contributed by atoms with Crippen LogP contribution >= 0.6 is 0 Å². The van der Waals surface area contributed by atoms with Gasteiger partial charge in [0.2, 0.25) is 0 Å². The van der Waals surface area contributed by atoms with E-state index in [9.17, 15) is 4.79 Å². The number of fused-ring (bicyclic) bond motifs is 1. The molecule has 0 aliphatic carbocycles. The van der Waals surface area contributed by atoms with Crippen molar-refractivity contribution in [3.05, 3.63) is 29.5 Å². The summed E-state index contributed by atoms with van der Waals surface area (Å²) in [5.41, 5.74) is 2.04. The van der Waals surface area contributed by atoms with Gasteiger partial charge in [0.05, 0.1) is 20.6 Å². The molecule has 5 nitrogen and oxygen atoms in total. The highest BCUT2D eigenvalue weighted by Crippen LogP contribution is 2.34. The van der Waals surface area contributed by atoms with Crippen LogP contribution < -0.4 is 9.47 Å². The highest BCUT2D eigenvalue weighted by molar-refractivity contribution is 5.95. The number of aromatic nitrogens is 1. The molecule has 0 unspecified atom stereocenters. The van der Waals surface area contributed by atoms with Gasteiger partial charge in [0.1, 0.15) is 17.0 Å². The molecule has 19 heavy (non-hydrogen) atoms. The Morgan fingerprint density at radius 3 is 2.47 bits per heavy atom. The van der Waals surface area contributed by atoms with Gasteiger partial charge in [-0.3, -0.25) is 4.79 Å². The first-order chi connectivity index (χ1) is 9.06. The first-order valence-corrected chi connectivity index (χ1v) is 5.79. The summed E-state index contributed by atoms with van der Waals surface area (Å²) in [5.74, 6) is 0.308. The zero-order valence-corrected chi connectivity index (χ0v) is 11.1. The highest BCUT2D eigenvalue weighted by atomic mass is 16.5. The van der Waals surface area contributed by atoms with Crippen LogP contribution in [0.15, 0.2) is 18.2 Å². The average Bonchev–Trinajstić information content (AvgIpc) is 2.36. The van der Waals surface area contributed by atoms with Crippen LogP contribution in [0.1, 0.15) is 11.3 Å². The molecular weight excluding hydrogens is 246 g/mol. The molecule has 1 N–H and O–H groups in total. The van der Waals surface area contributed by atoms with Crippen LogP contribution in [0.3, 0.4) is 0 Å². The number of ether oxygens (including phenoxy) is 2. The fourth-order valence-corrected chi connectivity index (χ4v) is 2.14. The van der Waals surface area contributed by atoms with Crippen LogP contribution in [-0.2, 0) is 11.2 Å². The molecule has 1 aromatic carbocycles. The molecule has 1 aromatic heterocycles. The quantitative estimate of drug-likeness (QED) is 0.913. The second-order valence-corrected chi connectivity index (χ2v) is 4.19. The van der Waals surface area contributed by atoms with Crippen LogP contribution in [-0.4, -0.2) is 30.3 Å². The minimum Gasteiger partial charge on any atom is -0.496 e. The predicted molar refractivity (Wildman–Crippen MR) is 70.9 cm³/mol. The number of nitrogens with zero attached hydrogens (tertiary/aromatic N) is 1. The molecule has 0 atom stereocenters. The first-order valence-electron chi connectivity index (χ1n) is 5.79. The van der Waals surface area contributed by atoms with E-state index in [1.807, 2.05) is 6.92 Å². The van der Waals surface area contributed by atoms with Gasteiger partial charge in [-0.15, -0.1) is 0 Å². The Bertz CT molecular complexity index is 637. The van der Waals surface area contributed by atoms with Gasteiger partial charge >= 0.3 is 5.97 Å². The summed E-state index contributed by atoms with van der Waals surface area (Å²) in [6.45, 7) is 1.82. The van der Waals surface area contributed by atoms with Crippen molar-refractivity contribution in [3.8, 4) is 11.5 Å². The van der Waals surface area contributed by atoms with Crippen LogP contribution in [0.5, 0.6) is 11.5 Å². The van der Waals surface area contributed by atoms with Crippen LogP contribution in [0, 0.1) is 6.92 Å². The number of pyridine rings is 1. The van der Waals surface area contributed by atoms with E-state index < -0.39 is 5.97 Å². The third kappa shape index (κ3) is 2.45. The molecule has 0 saturated carbocycles. The van der Waals surface area contributed by atoms with Crippen LogP contribution in [0.2, 0.25) is 0 Å². The van der Waals surface area contributed by atoms with E-state index in [4.69, 9.17) is 14.6 Å². The lowest BCUT2D eigenvalue weighted by Crippen LogP contribution is -2.04. The third-order valence-electron chi connectivity index (χ3n) is 2.88. The fraction of sp³-hybridized carbons (Fsp3) is 0.286. The molecule has 0 spiro atoms. The summed E-state index contributed by atoms with van der Waals surface area (Å²) >= 11 is 0. The molecule has 0 aliphatic heterocycles. The SMILES string of the molecule is COc1ccc(OC)c2c(CC(=O)O)cc(C)nc12. The maximum Gasteiger partial charge on any atom is 0.307 e. The molecule has 0 radical (unpaired) electrons. The molecular formula is C14H15NO4. The molecule has 0 aliphatic rings. The number of hydrogen-bond donors (Lipinski definition) is 1. The number of carbonyl (C=O) groups is 1. The minimum atomic E-state index is -0.892. The van der Waals surface area contributed by atoms with Crippen molar-refractivity contribution in [1.29, 1.82) is 0 Å². The summed E-state index contributed by atoms with van der Waals surface area (Å²) in [6.07, 6.45) is -0.0800. The summed E-state index contributed by atoms with van der Waals surface area (Å²) in [4.78, 5) is 15.4. The van der Waals surface area contributed by atoms with Gasteiger partial charge in [0.25, 0.3) is 0 Å². The van der Waals surface area contributed by atoms with Gasteiger partial charge in [-0.2, -0.15) is 0 Å². The second-order valence-electron chi connectivity index (χ2n) is 4.19. The Hall–Kier alpha value is -2.30. The van der Waals surface area contributed by atoms with Crippen molar-refractivity contribution in [1.82, 2.24) is 4.98 Å². The predicted octanol–water partition coefficient (Wildman–Crippen LogP) is 2.19.